The van der Waals surface area contributed by atoms with E-state index in [9.17, 15) is 4.79 Å². The van der Waals surface area contributed by atoms with Crippen molar-refractivity contribution in [2.24, 2.45) is 5.73 Å². The van der Waals surface area contributed by atoms with E-state index in [1.807, 2.05) is 12.1 Å². The van der Waals surface area contributed by atoms with Gasteiger partial charge in [-0.2, -0.15) is 0 Å². The van der Waals surface area contributed by atoms with Crippen LogP contribution in [0.4, 0.5) is 4.79 Å². The molecule has 6 nitrogen and oxygen atoms in total. The van der Waals surface area contributed by atoms with Crippen molar-refractivity contribution in [2.45, 2.75) is 0 Å². The van der Waals surface area contributed by atoms with Gasteiger partial charge in [-0.1, -0.05) is 23.7 Å². The highest BCUT2D eigenvalue weighted by Gasteiger charge is 1.93. The lowest BCUT2D eigenvalue weighted by Crippen LogP contribution is -2.24. The van der Waals surface area contributed by atoms with E-state index in [1.165, 1.54) is 6.08 Å². The molecule has 19 heavy (non-hydrogen) atoms. The fourth-order valence-electron chi connectivity index (χ4n) is 0.984. The van der Waals surface area contributed by atoms with Crippen molar-refractivity contribution in [2.75, 3.05) is 13.2 Å². The Morgan fingerprint density at radius 1 is 1.32 bits per heavy atom. The number of halogens is 1. The topological polar surface area (TPSA) is 113 Å². The molecule has 1 aromatic carbocycles. The van der Waals surface area contributed by atoms with Crippen molar-refractivity contribution >= 4 is 29.7 Å². The number of carbonyl (C=O) groups excluding carboxylic acids is 1. The van der Waals surface area contributed by atoms with Gasteiger partial charge in [0.25, 0.3) is 0 Å². The van der Waals surface area contributed by atoms with Gasteiger partial charge in [0, 0.05) is 17.6 Å². The molecule has 7 heteroatoms. The van der Waals surface area contributed by atoms with Gasteiger partial charge in [-0.05, 0) is 23.8 Å². The highest BCUT2D eigenvalue weighted by Crippen LogP contribution is 2.10. The van der Waals surface area contributed by atoms with Crippen LogP contribution in [0.25, 0.3) is 6.08 Å². The first-order valence-electron chi connectivity index (χ1n) is 5.26. The van der Waals surface area contributed by atoms with E-state index < -0.39 is 6.09 Å². The Morgan fingerprint density at radius 2 is 1.84 bits per heavy atom. The molecule has 0 atom stereocenters. The summed E-state index contributed by atoms with van der Waals surface area (Å²) in [6.07, 6.45) is 1.77. The third kappa shape index (κ3) is 10.8. The molecule has 0 bridgehead atoms. The number of rotatable bonds is 4. The number of primary amides is 1. The van der Waals surface area contributed by atoms with E-state index in [1.54, 1.807) is 18.2 Å². The minimum atomic E-state index is -1.33. The van der Waals surface area contributed by atoms with E-state index in [0.717, 1.165) is 5.56 Å². The Balaban J connectivity index is 0.000000711. The van der Waals surface area contributed by atoms with Crippen LogP contribution < -0.4 is 11.1 Å². The van der Waals surface area contributed by atoms with Gasteiger partial charge in [0.05, 0.1) is 6.61 Å². The zero-order valence-electron chi connectivity index (χ0n) is 10.0. The van der Waals surface area contributed by atoms with E-state index in [2.05, 4.69) is 11.1 Å². The molecule has 0 unspecified atom stereocenters. The fourth-order valence-corrected chi connectivity index (χ4v) is 1.11. The molecule has 0 spiro atoms. The molecule has 0 saturated carbocycles. The summed E-state index contributed by atoms with van der Waals surface area (Å²) in [5.41, 5.74) is 4.93. The first-order valence-corrected chi connectivity index (χ1v) is 5.64. The molecule has 0 aromatic heterocycles. The normalized spacial score (nSPS) is 9.58. The summed E-state index contributed by atoms with van der Waals surface area (Å²) in [5, 5.41) is 18.8. The van der Waals surface area contributed by atoms with Crippen molar-refractivity contribution in [1.29, 1.82) is 0 Å². The van der Waals surface area contributed by atoms with E-state index in [-0.39, 0.29) is 19.1 Å². The number of benzene rings is 1. The molecule has 0 radical (unpaired) electrons. The molecule has 104 valence electrons. The summed E-state index contributed by atoms with van der Waals surface area (Å²) < 4.78 is 0. The number of aliphatic hydroxyl groups excluding tert-OH is 1. The Labute approximate surface area is 115 Å². The number of nitrogens with two attached hydrogens (primary N) is 1. The smallest absolute Gasteiger partial charge is 0.402 e. The molecule has 1 aromatic rings. The Kier molecular flexibility index (Phi) is 8.86. The second-order valence-electron chi connectivity index (χ2n) is 3.24. The zero-order chi connectivity index (χ0) is 14.7. The number of carboxylic acid groups (broad SMARTS) is 1. The van der Waals surface area contributed by atoms with Crippen LogP contribution in [-0.2, 0) is 4.79 Å². The Hall–Kier alpha value is -2.05. The van der Waals surface area contributed by atoms with Gasteiger partial charge >= 0.3 is 6.09 Å². The third-order valence-electron chi connectivity index (χ3n) is 1.71. The molecule has 2 amide bonds. The van der Waals surface area contributed by atoms with Crippen molar-refractivity contribution in [3.63, 3.8) is 0 Å². The lowest BCUT2D eigenvalue weighted by atomic mass is 10.2. The van der Waals surface area contributed by atoms with Crippen molar-refractivity contribution < 1.29 is 19.8 Å². The maximum absolute atomic E-state index is 11.1. The quantitative estimate of drug-likeness (QED) is 0.620. The van der Waals surface area contributed by atoms with Crippen LogP contribution in [0.5, 0.6) is 0 Å². The van der Waals surface area contributed by atoms with Crippen LogP contribution in [0.1, 0.15) is 5.56 Å². The molecular weight excluding hydrogens is 272 g/mol. The van der Waals surface area contributed by atoms with E-state index in [0.29, 0.717) is 5.02 Å². The monoisotopic (exact) mass is 286 g/mol. The van der Waals surface area contributed by atoms with Crippen molar-refractivity contribution in [3.8, 4) is 0 Å². The standard InChI is InChI=1S/C11H12ClNO2.CH3NO2/c12-10-4-1-9(2-5-10)3-6-11(15)13-7-8-14;2-1(3)4/h1-6,14H,7-8H2,(H,13,15);2H2,(H,3,4)/b6-3+;. The first kappa shape index (κ1) is 16.9. The number of hydrogen-bond acceptors (Lipinski definition) is 3. The number of amides is 2. The largest absolute Gasteiger partial charge is 0.465 e. The Bertz CT molecular complexity index is 428. The van der Waals surface area contributed by atoms with Gasteiger partial charge in [-0.3, -0.25) is 4.79 Å². The van der Waals surface area contributed by atoms with Gasteiger partial charge in [0.1, 0.15) is 0 Å². The first-order chi connectivity index (χ1) is 8.95. The molecule has 0 heterocycles. The minimum absolute atomic E-state index is 0.0550. The molecule has 1 rings (SSSR count). The molecule has 0 fully saturated rings. The van der Waals surface area contributed by atoms with Crippen LogP contribution in [0.3, 0.4) is 0 Å². The SMILES string of the molecule is NC(=O)O.O=C(/C=C/c1ccc(Cl)cc1)NCCO. The second-order valence-corrected chi connectivity index (χ2v) is 3.67. The van der Waals surface area contributed by atoms with Gasteiger partial charge in [-0.25, -0.2) is 4.79 Å². The van der Waals surface area contributed by atoms with Gasteiger partial charge < -0.3 is 21.3 Å². The van der Waals surface area contributed by atoms with Gasteiger partial charge in [-0.15, -0.1) is 0 Å². The summed E-state index contributed by atoms with van der Waals surface area (Å²) in [7, 11) is 0. The van der Waals surface area contributed by atoms with E-state index >= 15 is 0 Å². The van der Waals surface area contributed by atoms with Crippen LogP contribution in [0.2, 0.25) is 5.02 Å². The molecule has 0 aliphatic rings. The van der Waals surface area contributed by atoms with Crippen LogP contribution in [0, 0.1) is 0 Å². The predicted octanol–water partition coefficient (Wildman–Crippen LogP) is 1.08. The average molecular weight is 287 g/mol. The summed E-state index contributed by atoms with van der Waals surface area (Å²) in [6, 6.07) is 7.15. The zero-order valence-corrected chi connectivity index (χ0v) is 10.8. The minimum Gasteiger partial charge on any atom is -0.465 e. The molecule has 0 saturated heterocycles. The third-order valence-corrected chi connectivity index (χ3v) is 1.96. The van der Waals surface area contributed by atoms with Crippen molar-refractivity contribution in [3.05, 3.63) is 40.9 Å². The molecule has 0 aliphatic heterocycles. The van der Waals surface area contributed by atoms with Crippen molar-refractivity contribution in [1.82, 2.24) is 5.32 Å². The molecular formula is C12H15ClN2O4. The average Bonchev–Trinajstić information content (AvgIpc) is 2.35. The molecule has 5 N–H and O–H groups in total. The summed E-state index contributed by atoms with van der Waals surface area (Å²) in [6.45, 7) is 0.213. The number of nitrogens with one attached hydrogen (secondary N) is 1. The van der Waals surface area contributed by atoms with Crippen LogP contribution >= 0.6 is 11.6 Å². The maximum atomic E-state index is 11.1. The lowest BCUT2D eigenvalue weighted by molar-refractivity contribution is -0.116. The second kappa shape index (κ2) is 9.93. The number of hydrogen-bond donors (Lipinski definition) is 4. The van der Waals surface area contributed by atoms with Crippen LogP contribution in [-0.4, -0.2) is 35.4 Å². The van der Waals surface area contributed by atoms with Gasteiger partial charge in [0.15, 0.2) is 0 Å². The highest BCUT2D eigenvalue weighted by molar-refractivity contribution is 6.30. The summed E-state index contributed by atoms with van der Waals surface area (Å²) in [4.78, 5) is 19.9. The van der Waals surface area contributed by atoms with E-state index in [4.69, 9.17) is 26.6 Å². The highest BCUT2D eigenvalue weighted by atomic mass is 35.5. The molecule has 0 aliphatic carbocycles. The van der Waals surface area contributed by atoms with Crippen LogP contribution in [0.15, 0.2) is 30.3 Å². The number of aliphatic hydroxyl groups is 1. The van der Waals surface area contributed by atoms with Gasteiger partial charge in [0.2, 0.25) is 5.91 Å². The lowest BCUT2D eigenvalue weighted by Gasteiger charge is -1.97. The summed E-state index contributed by atoms with van der Waals surface area (Å²) >= 11 is 5.71. The maximum Gasteiger partial charge on any atom is 0.402 e. The number of carbonyl (C=O) groups is 2. The summed E-state index contributed by atoms with van der Waals surface area (Å²) in [5.74, 6) is -0.223. The Morgan fingerprint density at radius 3 is 2.32 bits per heavy atom. The predicted molar refractivity (Wildman–Crippen MR) is 72.8 cm³/mol. The fraction of sp³-hybridized carbons (Fsp3) is 0.167.